The van der Waals surface area contributed by atoms with Gasteiger partial charge < -0.3 is 10.2 Å². The van der Waals surface area contributed by atoms with E-state index in [9.17, 15) is 4.79 Å². The van der Waals surface area contributed by atoms with E-state index < -0.39 is 0 Å². The zero-order valence-corrected chi connectivity index (χ0v) is 9.55. The molecule has 0 radical (unpaired) electrons. The fourth-order valence-corrected chi connectivity index (χ4v) is 1.96. The quantitative estimate of drug-likeness (QED) is 0.740. The van der Waals surface area contributed by atoms with E-state index in [4.69, 9.17) is 0 Å². The molecule has 0 atom stereocenters. The summed E-state index contributed by atoms with van der Waals surface area (Å²) < 4.78 is 0. The highest BCUT2D eigenvalue weighted by Crippen LogP contribution is 2.23. The maximum absolute atomic E-state index is 11.5. The second-order valence-corrected chi connectivity index (χ2v) is 4.76. The monoisotopic (exact) mass is 198 g/mol. The number of nitrogens with one attached hydrogen (secondary N) is 1. The van der Waals surface area contributed by atoms with Crippen LogP contribution >= 0.6 is 0 Å². The van der Waals surface area contributed by atoms with Crippen LogP contribution in [0.2, 0.25) is 0 Å². The molecule has 0 bridgehead atoms. The van der Waals surface area contributed by atoms with Crippen LogP contribution in [0.4, 0.5) is 0 Å². The van der Waals surface area contributed by atoms with Crippen molar-refractivity contribution < 1.29 is 4.79 Å². The highest BCUT2D eigenvalue weighted by molar-refractivity contribution is 5.78. The Morgan fingerprint density at radius 3 is 2.36 bits per heavy atom. The molecule has 1 fully saturated rings. The summed E-state index contributed by atoms with van der Waals surface area (Å²) in [4.78, 5) is 13.4. The van der Waals surface area contributed by atoms with E-state index in [0.717, 1.165) is 18.8 Å². The summed E-state index contributed by atoms with van der Waals surface area (Å²) in [5, 5.41) is 3.09. The van der Waals surface area contributed by atoms with Gasteiger partial charge in [-0.1, -0.05) is 6.92 Å². The Bertz CT molecular complexity index is 184. The van der Waals surface area contributed by atoms with Crippen LogP contribution in [0.5, 0.6) is 0 Å². The summed E-state index contributed by atoms with van der Waals surface area (Å²) in [5.74, 6) is 1.01. The van der Waals surface area contributed by atoms with Crippen molar-refractivity contribution in [1.29, 1.82) is 0 Å². The lowest BCUT2D eigenvalue weighted by Crippen LogP contribution is -2.41. The van der Waals surface area contributed by atoms with Crippen molar-refractivity contribution in [3.8, 4) is 0 Å². The van der Waals surface area contributed by atoms with Crippen molar-refractivity contribution >= 4 is 5.91 Å². The van der Waals surface area contributed by atoms with Crippen molar-refractivity contribution in [3.05, 3.63) is 0 Å². The number of hydrogen-bond acceptors (Lipinski definition) is 2. The molecule has 1 saturated carbocycles. The van der Waals surface area contributed by atoms with Crippen molar-refractivity contribution in [1.82, 2.24) is 10.2 Å². The lowest BCUT2D eigenvalue weighted by molar-refractivity contribution is -0.122. The summed E-state index contributed by atoms with van der Waals surface area (Å²) >= 11 is 0. The molecule has 0 heterocycles. The van der Waals surface area contributed by atoms with Gasteiger partial charge >= 0.3 is 0 Å². The molecule has 1 N–H and O–H groups in total. The normalized spacial score (nSPS) is 27.7. The first-order valence-corrected chi connectivity index (χ1v) is 5.52. The number of amides is 1. The molecule has 3 nitrogen and oxygen atoms in total. The molecule has 0 aliphatic heterocycles. The molecule has 82 valence electrons. The summed E-state index contributed by atoms with van der Waals surface area (Å²) in [6, 6.07) is 0.429. The first-order valence-electron chi connectivity index (χ1n) is 5.52. The summed E-state index contributed by atoms with van der Waals surface area (Å²) in [7, 11) is 3.84. The second-order valence-electron chi connectivity index (χ2n) is 4.76. The zero-order valence-electron chi connectivity index (χ0n) is 9.55. The van der Waals surface area contributed by atoms with Crippen molar-refractivity contribution in [2.24, 2.45) is 5.92 Å². The standard InChI is InChI=1S/C11H22N2O/c1-9-4-6-10(7-5-9)12-11(14)8-13(2)3/h9-10H,4-8H2,1-3H3,(H,12,14)/t9-,10+. The fraction of sp³-hybridized carbons (Fsp3) is 0.909. The lowest BCUT2D eigenvalue weighted by Gasteiger charge is -2.27. The summed E-state index contributed by atoms with van der Waals surface area (Å²) in [6.45, 7) is 2.80. The number of nitrogens with zero attached hydrogens (tertiary/aromatic N) is 1. The Morgan fingerprint density at radius 2 is 1.86 bits per heavy atom. The van der Waals surface area contributed by atoms with Crippen molar-refractivity contribution in [3.63, 3.8) is 0 Å². The topological polar surface area (TPSA) is 32.3 Å². The van der Waals surface area contributed by atoms with E-state index in [-0.39, 0.29) is 5.91 Å². The molecule has 1 rings (SSSR count). The number of hydrogen-bond donors (Lipinski definition) is 1. The molecule has 1 aliphatic carbocycles. The van der Waals surface area contributed by atoms with Crippen LogP contribution in [-0.4, -0.2) is 37.5 Å². The Kier molecular flexibility index (Phi) is 4.39. The van der Waals surface area contributed by atoms with Gasteiger partial charge in [0.1, 0.15) is 0 Å². The number of rotatable bonds is 3. The zero-order chi connectivity index (χ0) is 10.6. The molecule has 0 aromatic rings. The molecule has 0 aromatic carbocycles. The molecular weight excluding hydrogens is 176 g/mol. The van der Waals surface area contributed by atoms with Crippen LogP contribution in [0, 0.1) is 5.92 Å². The molecule has 14 heavy (non-hydrogen) atoms. The van der Waals surface area contributed by atoms with Crippen LogP contribution in [0.3, 0.4) is 0 Å². The lowest BCUT2D eigenvalue weighted by atomic mass is 9.87. The third-order valence-electron chi connectivity index (χ3n) is 2.84. The minimum absolute atomic E-state index is 0.162. The minimum Gasteiger partial charge on any atom is -0.352 e. The fourth-order valence-electron chi connectivity index (χ4n) is 1.96. The van der Waals surface area contributed by atoms with E-state index in [1.807, 2.05) is 19.0 Å². The smallest absolute Gasteiger partial charge is 0.234 e. The Hall–Kier alpha value is -0.570. The molecule has 0 saturated heterocycles. The van der Waals surface area contributed by atoms with Crippen LogP contribution < -0.4 is 5.32 Å². The number of carbonyl (C=O) groups excluding carboxylic acids is 1. The minimum atomic E-state index is 0.162. The number of carbonyl (C=O) groups is 1. The predicted octanol–water partition coefficient (Wildman–Crippen LogP) is 1.24. The van der Waals surface area contributed by atoms with E-state index >= 15 is 0 Å². The van der Waals surface area contributed by atoms with E-state index in [1.165, 1.54) is 12.8 Å². The van der Waals surface area contributed by atoms with Gasteiger partial charge in [0.2, 0.25) is 5.91 Å². The average Bonchev–Trinajstić information content (AvgIpc) is 2.07. The first kappa shape index (κ1) is 11.5. The van der Waals surface area contributed by atoms with E-state index in [0.29, 0.717) is 12.6 Å². The highest BCUT2D eigenvalue weighted by Gasteiger charge is 2.19. The molecule has 0 unspecified atom stereocenters. The molecule has 1 amide bonds. The molecule has 0 spiro atoms. The van der Waals surface area contributed by atoms with Gasteiger partial charge in [0, 0.05) is 6.04 Å². The van der Waals surface area contributed by atoms with Gasteiger partial charge in [-0.15, -0.1) is 0 Å². The van der Waals surface area contributed by atoms with E-state index in [2.05, 4.69) is 12.2 Å². The van der Waals surface area contributed by atoms with Gasteiger partial charge in [0.05, 0.1) is 6.54 Å². The molecule has 0 aromatic heterocycles. The Labute approximate surface area is 86.9 Å². The van der Waals surface area contributed by atoms with E-state index in [1.54, 1.807) is 0 Å². The van der Waals surface area contributed by atoms with Gasteiger partial charge in [-0.25, -0.2) is 0 Å². The van der Waals surface area contributed by atoms with Gasteiger partial charge in [-0.3, -0.25) is 4.79 Å². The summed E-state index contributed by atoms with van der Waals surface area (Å²) in [5.41, 5.74) is 0. The summed E-state index contributed by atoms with van der Waals surface area (Å²) in [6.07, 6.45) is 4.82. The van der Waals surface area contributed by atoms with Gasteiger partial charge in [0.25, 0.3) is 0 Å². The largest absolute Gasteiger partial charge is 0.352 e. The van der Waals surface area contributed by atoms with Crippen LogP contribution in [0.15, 0.2) is 0 Å². The van der Waals surface area contributed by atoms with Gasteiger partial charge in [0.15, 0.2) is 0 Å². The Morgan fingerprint density at radius 1 is 1.29 bits per heavy atom. The highest BCUT2D eigenvalue weighted by atomic mass is 16.2. The van der Waals surface area contributed by atoms with Crippen molar-refractivity contribution in [2.45, 2.75) is 38.6 Å². The third kappa shape index (κ3) is 4.09. The molecule has 3 heteroatoms. The van der Waals surface area contributed by atoms with Crippen LogP contribution in [0.1, 0.15) is 32.6 Å². The number of likely N-dealkylation sites (N-methyl/N-ethyl adjacent to an activating group) is 1. The predicted molar refractivity (Wildman–Crippen MR) is 58.1 cm³/mol. The maximum atomic E-state index is 11.5. The van der Waals surface area contributed by atoms with Gasteiger partial charge in [-0.2, -0.15) is 0 Å². The average molecular weight is 198 g/mol. The van der Waals surface area contributed by atoms with Crippen LogP contribution in [0.25, 0.3) is 0 Å². The maximum Gasteiger partial charge on any atom is 0.234 e. The van der Waals surface area contributed by atoms with Crippen LogP contribution in [-0.2, 0) is 4.79 Å². The first-order chi connectivity index (χ1) is 6.58. The Balaban J connectivity index is 2.20. The molecule has 1 aliphatic rings. The molecular formula is C11H22N2O. The van der Waals surface area contributed by atoms with Gasteiger partial charge in [-0.05, 0) is 45.7 Å². The SMILES string of the molecule is CN(C)CC(=O)N[C@H]1CC[C@@H](C)CC1. The third-order valence-corrected chi connectivity index (χ3v) is 2.84. The van der Waals surface area contributed by atoms with Crippen molar-refractivity contribution in [2.75, 3.05) is 20.6 Å². The second kappa shape index (κ2) is 5.35.